The van der Waals surface area contributed by atoms with Crippen molar-refractivity contribution in [1.82, 2.24) is 9.55 Å². The minimum Gasteiger partial charge on any atom is -0.492 e. The Morgan fingerprint density at radius 2 is 2.40 bits per heavy atom. The zero-order valence-corrected chi connectivity index (χ0v) is 5.97. The Morgan fingerprint density at radius 1 is 1.80 bits per heavy atom. The highest BCUT2D eigenvalue weighted by Gasteiger charge is 2.06. The molecule has 0 aliphatic rings. The van der Waals surface area contributed by atoms with E-state index in [1.165, 1.54) is 11.6 Å². The van der Waals surface area contributed by atoms with Crippen molar-refractivity contribution in [2.24, 2.45) is 12.2 Å². The molecule has 0 aliphatic heterocycles. The molecule has 0 aromatic carbocycles. The molecule has 10 heavy (non-hydrogen) atoms. The average molecular weight is 159 g/mol. The minimum absolute atomic E-state index is 0.132. The van der Waals surface area contributed by atoms with Gasteiger partial charge in [-0.3, -0.25) is 4.57 Å². The van der Waals surface area contributed by atoms with Crippen LogP contribution in [-0.2, 0) is 7.05 Å². The van der Waals surface area contributed by atoms with Gasteiger partial charge in [-0.2, -0.15) is 0 Å². The summed E-state index contributed by atoms with van der Waals surface area (Å²) in [7, 11) is 1.53. The van der Waals surface area contributed by atoms with Gasteiger partial charge in [0.15, 0.2) is 4.77 Å². The van der Waals surface area contributed by atoms with Crippen LogP contribution in [0.15, 0.2) is 5.18 Å². The summed E-state index contributed by atoms with van der Waals surface area (Å²) in [5.74, 6) is -0.368. The summed E-state index contributed by atoms with van der Waals surface area (Å²) in [6, 6.07) is 0. The fourth-order valence-electron chi connectivity index (χ4n) is 0.560. The van der Waals surface area contributed by atoms with Gasteiger partial charge in [0, 0.05) is 7.05 Å². The molecule has 0 saturated heterocycles. The summed E-state index contributed by atoms with van der Waals surface area (Å²) in [5.41, 5.74) is 0. The van der Waals surface area contributed by atoms with Crippen molar-refractivity contribution >= 4 is 18.0 Å². The van der Waals surface area contributed by atoms with Crippen molar-refractivity contribution in [3.05, 3.63) is 9.68 Å². The van der Waals surface area contributed by atoms with Crippen molar-refractivity contribution < 1.29 is 5.11 Å². The Morgan fingerprint density at radius 3 is 2.60 bits per heavy atom. The van der Waals surface area contributed by atoms with Crippen molar-refractivity contribution in [1.29, 1.82) is 0 Å². The van der Waals surface area contributed by atoms with Gasteiger partial charge in [0.1, 0.15) is 0 Å². The summed E-state index contributed by atoms with van der Waals surface area (Å²) in [6.07, 6.45) is 0. The summed E-state index contributed by atoms with van der Waals surface area (Å²) in [6.45, 7) is 0. The standard InChI is InChI=1S/C4H5N3O2S/c1-7-3(8)2(6-9)5-4(7)10/h8H,1H3,(H,5,10). The Balaban J connectivity index is 3.45. The van der Waals surface area contributed by atoms with Gasteiger partial charge in [-0.25, -0.2) is 0 Å². The normalized spacial score (nSPS) is 9.70. The molecule has 0 saturated carbocycles. The smallest absolute Gasteiger partial charge is 0.241 e. The first kappa shape index (κ1) is 6.94. The molecule has 5 nitrogen and oxygen atoms in total. The predicted molar refractivity (Wildman–Crippen MR) is 37.7 cm³/mol. The second-order valence-corrected chi connectivity index (χ2v) is 2.14. The van der Waals surface area contributed by atoms with Gasteiger partial charge in [-0.15, -0.1) is 4.91 Å². The third kappa shape index (κ3) is 0.820. The Bertz CT molecular complexity index is 313. The second-order valence-electron chi connectivity index (χ2n) is 1.75. The average Bonchev–Trinajstić information content (AvgIpc) is 2.17. The number of H-pyrrole nitrogens is 1. The molecular weight excluding hydrogens is 154 g/mol. The molecule has 0 bridgehead atoms. The lowest BCUT2D eigenvalue weighted by atomic mass is 10.7. The topological polar surface area (TPSA) is 70.4 Å². The molecule has 1 heterocycles. The molecule has 2 N–H and O–H groups in total. The van der Waals surface area contributed by atoms with Crippen LogP contribution in [0.1, 0.15) is 0 Å². The highest BCUT2D eigenvalue weighted by molar-refractivity contribution is 7.71. The van der Waals surface area contributed by atoms with E-state index in [4.69, 9.17) is 5.11 Å². The number of hydrogen-bond donors (Lipinski definition) is 2. The van der Waals surface area contributed by atoms with Crippen molar-refractivity contribution in [2.75, 3.05) is 0 Å². The summed E-state index contributed by atoms with van der Waals surface area (Å²) in [4.78, 5) is 12.3. The monoisotopic (exact) mass is 159 g/mol. The van der Waals surface area contributed by atoms with Gasteiger partial charge in [-0.1, -0.05) is 0 Å². The van der Waals surface area contributed by atoms with Gasteiger partial charge in [0.05, 0.1) is 0 Å². The molecule has 0 radical (unpaired) electrons. The summed E-state index contributed by atoms with van der Waals surface area (Å²) < 4.78 is 1.53. The highest BCUT2D eigenvalue weighted by atomic mass is 32.1. The van der Waals surface area contributed by atoms with Gasteiger partial charge < -0.3 is 10.1 Å². The second kappa shape index (κ2) is 2.22. The molecule has 0 unspecified atom stereocenters. The Hall–Kier alpha value is -1.17. The zero-order valence-electron chi connectivity index (χ0n) is 5.16. The van der Waals surface area contributed by atoms with E-state index < -0.39 is 0 Å². The van der Waals surface area contributed by atoms with Gasteiger partial charge in [0.2, 0.25) is 11.7 Å². The lowest BCUT2D eigenvalue weighted by Gasteiger charge is -1.88. The minimum atomic E-state index is -0.236. The molecule has 0 aliphatic carbocycles. The first-order chi connectivity index (χ1) is 4.66. The fraction of sp³-hybridized carbons (Fsp3) is 0.250. The summed E-state index contributed by atoms with van der Waals surface area (Å²) in [5, 5.41) is 11.5. The number of aromatic amines is 1. The van der Waals surface area contributed by atoms with Crippen molar-refractivity contribution in [2.45, 2.75) is 0 Å². The number of hydrogen-bond acceptors (Lipinski definition) is 4. The van der Waals surface area contributed by atoms with Crippen LogP contribution in [0.4, 0.5) is 5.82 Å². The van der Waals surface area contributed by atoms with Crippen LogP contribution in [0.5, 0.6) is 5.88 Å². The number of nitrogens with one attached hydrogen (secondary N) is 1. The SMILES string of the molecule is Cn1c(O)c(N=O)[nH]c1=S. The first-order valence-electron chi connectivity index (χ1n) is 2.48. The summed E-state index contributed by atoms with van der Waals surface area (Å²) >= 11 is 4.68. The largest absolute Gasteiger partial charge is 0.492 e. The zero-order chi connectivity index (χ0) is 7.72. The molecular formula is C4H5N3O2S. The van der Waals surface area contributed by atoms with E-state index in [9.17, 15) is 4.91 Å². The molecule has 1 rings (SSSR count). The maximum Gasteiger partial charge on any atom is 0.241 e. The third-order valence-corrected chi connectivity index (χ3v) is 1.53. The van der Waals surface area contributed by atoms with E-state index >= 15 is 0 Å². The van der Waals surface area contributed by atoms with Crippen LogP contribution in [0, 0.1) is 9.68 Å². The highest BCUT2D eigenvalue weighted by Crippen LogP contribution is 2.22. The molecule has 0 amide bonds. The number of aromatic hydroxyl groups is 1. The van der Waals surface area contributed by atoms with Crippen LogP contribution in [0.2, 0.25) is 0 Å². The van der Waals surface area contributed by atoms with Crippen LogP contribution in [-0.4, -0.2) is 14.7 Å². The molecule has 6 heteroatoms. The van der Waals surface area contributed by atoms with Crippen molar-refractivity contribution in [3.8, 4) is 5.88 Å². The number of nitrogens with zero attached hydrogens (tertiary/aromatic N) is 2. The van der Waals surface area contributed by atoms with Crippen LogP contribution < -0.4 is 0 Å². The van der Waals surface area contributed by atoms with Crippen LogP contribution >= 0.6 is 12.2 Å². The lowest BCUT2D eigenvalue weighted by molar-refractivity contribution is 0.432. The van der Waals surface area contributed by atoms with Gasteiger partial charge in [0.25, 0.3) is 0 Å². The third-order valence-electron chi connectivity index (χ3n) is 1.15. The fourth-order valence-corrected chi connectivity index (χ4v) is 0.743. The van der Waals surface area contributed by atoms with E-state index in [0.717, 1.165) is 0 Å². The first-order valence-corrected chi connectivity index (χ1v) is 2.89. The quantitative estimate of drug-likeness (QED) is 0.477. The van der Waals surface area contributed by atoms with Gasteiger partial charge >= 0.3 is 0 Å². The van der Waals surface area contributed by atoms with E-state index in [0.29, 0.717) is 0 Å². The van der Waals surface area contributed by atoms with Crippen LogP contribution in [0.25, 0.3) is 0 Å². The van der Waals surface area contributed by atoms with E-state index in [1.54, 1.807) is 0 Å². The van der Waals surface area contributed by atoms with Crippen LogP contribution in [0.3, 0.4) is 0 Å². The van der Waals surface area contributed by atoms with E-state index in [-0.39, 0.29) is 16.5 Å². The lowest BCUT2D eigenvalue weighted by Crippen LogP contribution is -1.84. The predicted octanol–water partition coefficient (Wildman–Crippen LogP) is 1.19. The number of nitroso groups, excluding NO2 is 1. The molecule has 0 atom stereocenters. The maximum atomic E-state index is 9.89. The molecule has 1 aromatic heterocycles. The number of imidazole rings is 1. The molecule has 0 fully saturated rings. The Labute approximate surface area is 61.3 Å². The molecule has 0 spiro atoms. The van der Waals surface area contributed by atoms with E-state index in [1.807, 2.05) is 0 Å². The van der Waals surface area contributed by atoms with E-state index in [2.05, 4.69) is 22.4 Å². The van der Waals surface area contributed by atoms with Crippen molar-refractivity contribution in [3.63, 3.8) is 0 Å². The molecule has 1 aromatic rings. The number of rotatable bonds is 1. The number of aromatic nitrogens is 2. The Kier molecular flexibility index (Phi) is 1.54. The van der Waals surface area contributed by atoms with Gasteiger partial charge in [-0.05, 0) is 17.4 Å². The maximum absolute atomic E-state index is 9.89. The molecule has 54 valence electrons.